The van der Waals surface area contributed by atoms with Gasteiger partial charge in [-0.3, -0.25) is 9.59 Å². The largest absolute Gasteiger partial charge is 0.461 e. The lowest BCUT2D eigenvalue weighted by Gasteiger charge is -2.06. The van der Waals surface area contributed by atoms with Crippen LogP contribution in [0.15, 0.2) is 48.5 Å². The van der Waals surface area contributed by atoms with Gasteiger partial charge in [-0.25, -0.2) is 0 Å². The highest BCUT2D eigenvalue weighted by Crippen LogP contribution is 2.11. The van der Waals surface area contributed by atoms with Gasteiger partial charge in [0.1, 0.15) is 6.61 Å². The predicted molar refractivity (Wildman–Crippen MR) is 95.0 cm³/mol. The van der Waals surface area contributed by atoms with Crippen LogP contribution in [0.4, 0.5) is 0 Å². The zero-order valence-corrected chi connectivity index (χ0v) is 14.3. The minimum Gasteiger partial charge on any atom is -0.461 e. The van der Waals surface area contributed by atoms with Crippen molar-refractivity contribution in [1.29, 1.82) is 5.26 Å². The Morgan fingerprint density at radius 1 is 0.960 bits per heavy atom. The van der Waals surface area contributed by atoms with Gasteiger partial charge in [-0.2, -0.15) is 5.26 Å². The summed E-state index contributed by atoms with van der Waals surface area (Å²) in [6.07, 6.45) is 2.26. The maximum Gasteiger partial charge on any atom is 0.306 e. The third kappa shape index (κ3) is 5.89. The van der Waals surface area contributed by atoms with Crippen molar-refractivity contribution >= 4 is 11.8 Å². The van der Waals surface area contributed by atoms with Crippen molar-refractivity contribution in [1.82, 2.24) is 0 Å². The Balaban J connectivity index is 1.76. The van der Waals surface area contributed by atoms with Gasteiger partial charge in [0.05, 0.1) is 18.1 Å². The highest BCUT2D eigenvalue weighted by Gasteiger charge is 2.10. The van der Waals surface area contributed by atoms with Crippen LogP contribution in [0.1, 0.15) is 53.2 Å². The number of benzene rings is 2. The average Bonchev–Trinajstić information content (AvgIpc) is 2.65. The molecule has 0 N–H and O–H groups in total. The van der Waals surface area contributed by atoms with E-state index in [1.807, 2.05) is 30.3 Å². The Morgan fingerprint density at radius 2 is 1.60 bits per heavy atom. The number of Topliss-reactive ketones (excluding diaryl/α,β-unsaturated/α-hetero) is 1. The number of ketones is 1. The first-order valence-electron chi connectivity index (χ1n) is 8.39. The highest BCUT2D eigenvalue weighted by molar-refractivity contribution is 5.97. The number of aryl methyl sites for hydroxylation is 1. The molecule has 0 radical (unpaired) electrons. The van der Waals surface area contributed by atoms with E-state index in [2.05, 4.69) is 6.92 Å². The molecule has 0 atom stereocenters. The SMILES string of the molecule is CCCc1ccc(C(=O)CCC(=O)OCc2ccc(C#N)cc2)cc1. The zero-order valence-electron chi connectivity index (χ0n) is 14.3. The fourth-order valence-corrected chi connectivity index (χ4v) is 2.42. The van der Waals surface area contributed by atoms with Gasteiger partial charge < -0.3 is 4.74 Å². The van der Waals surface area contributed by atoms with E-state index in [1.165, 1.54) is 5.56 Å². The van der Waals surface area contributed by atoms with Crippen LogP contribution in [0.2, 0.25) is 0 Å². The lowest BCUT2D eigenvalue weighted by atomic mass is 10.0. The molecule has 0 saturated heterocycles. The summed E-state index contributed by atoms with van der Waals surface area (Å²) in [5, 5.41) is 8.74. The second kappa shape index (κ2) is 9.39. The number of esters is 1. The lowest BCUT2D eigenvalue weighted by Crippen LogP contribution is -2.08. The van der Waals surface area contributed by atoms with Crippen molar-refractivity contribution in [2.45, 2.75) is 39.2 Å². The summed E-state index contributed by atoms with van der Waals surface area (Å²) in [5.74, 6) is -0.460. The fourth-order valence-electron chi connectivity index (χ4n) is 2.42. The van der Waals surface area contributed by atoms with E-state index < -0.39 is 5.97 Å². The van der Waals surface area contributed by atoms with Crippen LogP contribution in [-0.2, 0) is 22.6 Å². The molecule has 0 aromatic heterocycles. The number of ether oxygens (including phenoxy) is 1. The van der Waals surface area contributed by atoms with Crippen molar-refractivity contribution in [3.05, 3.63) is 70.8 Å². The summed E-state index contributed by atoms with van der Waals surface area (Å²) >= 11 is 0. The van der Waals surface area contributed by atoms with E-state index >= 15 is 0 Å². The number of nitrogens with zero attached hydrogens (tertiary/aromatic N) is 1. The Morgan fingerprint density at radius 3 is 2.20 bits per heavy atom. The maximum atomic E-state index is 12.1. The standard InChI is InChI=1S/C21H21NO3/c1-2-3-16-8-10-19(11-9-16)20(23)12-13-21(24)25-15-18-6-4-17(14-22)5-7-18/h4-11H,2-3,12-13,15H2,1H3. The number of hydrogen-bond donors (Lipinski definition) is 0. The normalized spacial score (nSPS) is 10.1. The molecule has 0 heterocycles. The Bertz CT molecular complexity index is 755. The minimum atomic E-state index is -0.402. The molecule has 0 bridgehead atoms. The summed E-state index contributed by atoms with van der Waals surface area (Å²) in [6, 6.07) is 16.4. The van der Waals surface area contributed by atoms with Crippen LogP contribution in [0.5, 0.6) is 0 Å². The first-order chi connectivity index (χ1) is 12.1. The van der Waals surface area contributed by atoms with Crippen LogP contribution in [-0.4, -0.2) is 11.8 Å². The fraction of sp³-hybridized carbons (Fsp3) is 0.286. The Labute approximate surface area is 148 Å². The molecule has 0 amide bonds. The van der Waals surface area contributed by atoms with Gasteiger partial charge in [-0.05, 0) is 29.7 Å². The van der Waals surface area contributed by atoms with E-state index in [-0.39, 0.29) is 25.2 Å². The Hall–Kier alpha value is -2.93. The highest BCUT2D eigenvalue weighted by atomic mass is 16.5. The smallest absolute Gasteiger partial charge is 0.306 e. The van der Waals surface area contributed by atoms with Crippen molar-refractivity contribution in [2.75, 3.05) is 0 Å². The van der Waals surface area contributed by atoms with E-state index in [0.29, 0.717) is 11.1 Å². The van der Waals surface area contributed by atoms with Crippen LogP contribution in [0.3, 0.4) is 0 Å². The van der Waals surface area contributed by atoms with Gasteiger partial charge in [0.2, 0.25) is 0 Å². The summed E-state index contributed by atoms with van der Waals surface area (Å²) in [7, 11) is 0. The van der Waals surface area contributed by atoms with Crippen molar-refractivity contribution in [3.63, 3.8) is 0 Å². The van der Waals surface area contributed by atoms with E-state index in [4.69, 9.17) is 10.00 Å². The molecular formula is C21H21NO3. The lowest BCUT2D eigenvalue weighted by molar-refractivity contribution is -0.144. The van der Waals surface area contributed by atoms with Crippen LogP contribution in [0.25, 0.3) is 0 Å². The zero-order chi connectivity index (χ0) is 18.1. The summed E-state index contributed by atoms with van der Waals surface area (Å²) < 4.78 is 5.16. The molecule has 0 saturated carbocycles. The molecule has 0 spiro atoms. The van der Waals surface area contributed by atoms with Crippen molar-refractivity contribution in [3.8, 4) is 6.07 Å². The molecule has 128 valence electrons. The number of carbonyl (C=O) groups is 2. The van der Waals surface area contributed by atoms with E-state index in [0.717, 1.165) is 18.4 Å². The maximum absolute atomic E-state index is 12.1. The van der Waals surface area contributed by atoms with Gasteiger partial charge in [-0.1, -0.05) is 49.7 Å². The molecule has 25 heavy (non-hydrogen) atoms. The van der Waals surface area contributed by atoms with Gasteiger partial charge in [-0.15, -0.1) is 0 Å². The third-order valence-electron chi connectivity index (χ3n) is 3.85. The van der Waals surface area contributed by atoms with E-state index in [1.54, 1.807) is 24.3 Å². The molecule has 0 aliphatic rings. The topological polar surface area (TPSA) is 67.2 Å². The summed E-state index contributed by atoms with van der Waals surface area (Å²) in [4.78, 5) is 23.9. The number of carbonyl (C=O) groups excluding carboxylic acids is 2. The van der Waals surface area contributed by atoms with Crippen molar-refractivity contribution < 1.29 is 14.3 Å². The van der Waals surface area contributed by atoms with Crippen molar-refractivity contribution in [2.24, 2.45) is 0 Å². The molecule has 2 rings (SSSR count). The molecule has 2 aromatic carbocycles. The first-order valence-corrected chi connectivity index (χ1v) is 8.39. The number of hydrogen-bond acceptors (Lipinski definition) is 4. The Kier molecular flexibility index (Phi) is 6.91. The second-order valence-electron chi connectivity index (χ2n) is 5.84. The molecule has 0 unspecified atom stereocenters. The van der Waals surface area contributed by atoms with Gasteiger partial charge in [0.25, 0.3) is 0 Å². The molecule has 2 aromatic rings. The molecule has 4 heteroatoms. The summed E-state index contributed by atoms with van der Waals surface area (Å²) in [6.45, 7) is 2.26. The molecule has 0 aliphatic carbocycles. The van der Waals surface area contributed by atoms with Crippen LogP contribution >= 0.6 is 0 Å². The number of nitriles is 1. The second-order valence-corrected chi connectivity index (χ2v) is 5.84. The van der Waals surface area contributed by atoms with Gasteiger partial charge in [0, 0.05) is 12.0 Å². The average molecular weight is 335 g/mol. The van der Waals surface area contributed by atoms with E-state index in [9.17, 15) is 9.59 Å². The third-order valence-corrected chi connectivity index (χ3v) is 3.85. The molecule has 4 nitrogen and oxygen atoms in total. The van der Waals surface area contributed by atoms with Crippen LogP contribution in [0, 0.1) is 11.3 Å². The molecule has 0 aliphatic heterocycles. The quantitative estimate of drug-likeness (QED) is 0.535. The predicted octanol–water partition coefficient (Wildman–Crippen LogP) is 4.22. The molecular weight excluding hydrogens is 314 g/mol. The number of rotatable bonds is 8. The van der Waals surface area contributed by atoms with Gasteiger partial charge in [0.15, 0.2) is 5.78 Å². The monoisotopic (exact) mass is 335 g/mol. The summed E-state index contributed by atoms with van der Waals surface area (Å²) in [5.41, 5.74) is 3.21. The van der Waals surface area contributed by atoms with Crippen LogP contribution < -0.4 is 0 Å². The minimum absolute atomic E-state index is 0.0571. The van der Waals surface area contributed by atoms with Gasteiger partial charge >= 0.3 is 5.97 Å². The molecule has 0 fully saturated rings. The first kappa shape index (κ1) is 18.4.